The molecule has 0 heterocycles. The van der Waals surface area contributed by atoms with E-state index in [0.717, 1.165) is 9.37 Å². The van der Waals surface area contributed by atoms with Gasteiger partial charge in [-0.25, -0.2) is 0 Å². The number of benzene rings is 1. The number of carbonyl (C=O) groups excluding carboxylic acids is 2. The molecular formula is C13H16BrNO3S. The smallest absolute Gasteiger partial charge is 0.325 e. The third-order valence-electron chi connectivity index (χ3n) is 2.26. The van der Waals surface area contributed by atoms with E-state index < -0.39 is 0 Å². The zero-order chi connectivity index (χ0) is 14.3. The number of amides is 1. The fourth-order valence-corrected chi connectivity index (χ4v) is 2.75. The Morgan fingerprint density at radius 2 is 2.16 bits per heavy atom. The van der Waals surface area contributed by atoms with Crippen LogP contribution in [0.4, 0.5) is 0 Å². The van der Waals surface area contributed by atoms with Gasteiger partial charge in [0.1, 0.15) is 6.54 Å². The van der Waals surface area contributed by atoms with Crippen molar-refractivity contribution < 1.29 is 14.3 Å². The molecule has 0 bridgehead atoms. The topological polar surface area (TPSA) is 46.6 Å². The van der Waals surface area contributed by atoms with Crippen molar-refractivity contribution in [2.75, 3.05) is 26.0 Å². The summed E-state index contributed by atoms with van der Waals surface area (Å²) in [5.74, 6) is -0.185. The molecule has 0 atom stereocenters. The van der Waals surface area contributed by atoms with Gasteiger partial charge in [0.2, 0.25) is 5.91 Å². The average Bonchev–Trinajstić information content (AvgIpc) is 2.36. The molecule has 0 spiro atoms. The number of likely N-dealkylation sites (N-methyl/N-ethyl adjacent to an activating group) is 1. The Bertz CT molecular complexity index is 453. The molecule has 1 aromatic rings. The maximum absolute atomic E-state index is 11.8. The lowest BCUT2D eigenvalue weighted by Crippen LogP contribution is -2.34. The van der Waals surface area contributed by atoms with Crippen LogP contribution in [0.2, 0.25) is 0 Å². The van der Waals surface area contributed by atoms with Crippen molar-refractivity contribution in [1.82, 2.24) is 4.90 Å². The minimum Gasteiger partial charge on any atom is -0.465 e. The number of esters is 1. The molecule has 4 nitrogen and oxygen atoms in total. The van der Waals surface area contributed by atoms with E-state index >= 15 is 0 Å². The third-order valence-corrected chi connectivity index (χ3v) is 3.73. The van der Waals surface area contributed by atoms with Crippen molar-refractivity contribution in [2.45, 2.75) is 11.8 Å². The van der Waals surface area contributed by atoms with Gasteiger partial charge in [-0.15, -0.1) is 11.8 Å². The monoisotopic (exact) mass is 345 g/mol. The van der Waals surface area contributed by atoms with Crippen molar-refractivity contribution in [1.29, 1.82) is 0 Å². The van der Waals surface area contributed by atoms with Crippen LogP contribution < -0.4 is 0 Å². The predicted octanol–water partition coefficient (Wildman–Crippen LogP) is 2.56. The normalized spacial score (nSPS) is 10.1. The van der Waals surface area contributed by atoms with E-state index in [1.807, 2.05) is 24.3 Å². The van der Waals surface area contributed by atoms with Gasteiger partial charge in [-0.1, -0.05) is 22.0 Å². The second-order valence-corrected chi connectivity index (χ2v) is 5.77. The SMILES string of the molecule is CCOC(=O)CN(C)C(=O)CSc1cccc(Br)c1. The van der Waals surface area contributed by atoms with E-state index in [-0.39, 0.29) is 18.4 Å². The average molecular weight is 346 g/mol. The zero-order valence-electron chi connectivity index (χ0n) is 10.9. The van der Waals surface area contributed by atoms with Crippen molar-refractivity contribution in [3.8, 4) is 0 Å². The van der Waals surface area contributed by atoms with Crippen molar-refractivity contribution in [3.05, 3.63) is 28.7 Å². The van der Waals surface area contributed by atoms with Crippen molar-refractivity contribution in [2.24, 2.45) is 0 Å². The number of halogens is 1. The number of hydrogen-bond acceptors (Lipinski definition) is 4. The minimum absolute atomic E-state index is 0.00822. The Kier molecular flexibility index (Phi) is 6.94. The molecule has 0 radical (unpaired) electrons. The first-order valence-corrected chi connectivity index (χ1v) is 7.58. The Labute approximate surface area is 125 Å². The van der Waals surface area contributed by atoms with Gasteiger partial charge in [-0.05, 0) is 25.1 Å². The number of nitrogens with zero attached hydrogens (tertiary/aromatic N) is 1. The van der Waals surface area contributed by atoms with Crippen LogP contribution >= 0.6 is 27.7 Å². The molecule has 0 saturated heterocycles. The summed E-state index contributed by atoms with van der Waals surface area (Å²) in [6, 6.07) is 7.73. The first-order valence-electron chi connectivity index (χ1n) is 5.81. The van der Waals surface area contributed by atoms with E-state index in [0.29, 0.717) is 12.4 Å². The van der Waals surface area contributed by atoms with Crippen molar-refractivity contribution >= 4 is 39.6 Å². The standard InChI is InChI=1S/C13H16BrNO3S/c1-3-18-13(17)8-15(2)12(16)9-19-11-6-4-5-10(14)7-11/h4-7H,3,8-9H2,1-2H3. The number of hydrogen-bond donors (Lipinski definition) is 0. The molecule has 0 saturated carbocycles. The molecule has 0 N–H and O–H groups in total. The first-order chi connectivity index (χ1) is 9.02. The van der Waals surface area contributed by atoms with Crippen LogP contribution in [0.15, 0.2) is 33.6 Å². The fourth-order valence-electron chi connectivity index (χ4n) is 1.30. The molecule has 104 valence electrons. The lowest BCUT2D eigenvalue weighted by atomic mass is 10.4. The highest BCUT2D eigenvalue weighted by molar-refractivity contribution is 9.10. The van der Waals surface area contributed by atoms with Gasteiger partial charge in [0, 0.05) is 16.4 Å². The largest absolute Gasteiger partial charge is 0.465 e. The van der Waals surface area contributed by atoms with Gasteiger partial charge in [0.15, 0.2) is 0 Å². The van der Waals surface area contributed by atoms with Gasteiger partial charge in [0.25, 0.3) is 0 Å². The fraction of sp³-hybridized carbons (Fsp3) is 0.385. The quantitative estimate of drug-likeness (QED) is 0.587. The molecule has 1 amide bonds. The predicted molar refractivity (Wildman–Crippen MR) is 79.1 cm³/mol. The summed E-state index contributed by atoms with van der Waals surface area (Å²) in [6.07, 6.45) is 0. The number of carbonyl (C=O) groups is 2. The molecule has 0 aromatic heterocycles. The van der Waals surface area contributed by atoms with Gasteiger partial charge in [0.05, 0.1) is 12.4 Å². The lowest BCUT2D eigenvalue weighted by Gasteiger charge is -2.15. The molecule has 1 rings (SSSR count). The van der Waals surface area contributed by atoms with E-state index in [1.165, 1.54) is 16.7 Å². The lowest BCUT2D eigenvalue weighted by molar-refractivity contribution is -0.147. The summed E-state index contributed by atoms with van der Waals surface area (Å²) in [5, 5.41) is 0. The Balaban J connectivity index is 2.40. The molecule has 0 aliphatic rings. The van der Waals surface area contributed by atoms with Gasteiger partial charge in [-0.3, -0.25) is 9.59 Å². The molecule has 0 unspecified atom stereocenters. The highest BCUT2D eigenvalue weighted by atomic mass is 79.9. The molecule has 0 fully saturated rings. The summed E-state index contributed by atoms with van der Waals surface area (Å²) in [7, 11) is 1.60. The Morgan fingerprint density at radius 3 is 2.79 bits per heavy atom. The van der Waals surface area contributed by atoms with Crippen LogP contribution in [0.25, 0.3) is 0 Å². The van der Waals surface area contributed by atoms with E-state index in [2.05, 4.69) is 15.9 Å². The number of ether oxygens (including phenoxy) is 1. The highest BCUT2D eigenvalue weighted by Gasteiger charge is 2.13. The number of thioether (sulfide) groups is 1. The third kappa shape index (κ3) is 6.11. The highest BCUT2D eigenvalue weighted by Crippen LogP contribution is 2.21. The molecular weight excluding hydrogens is 330 g/mol. The van der Waals surface area contributed by atoms with E-state index in [9.17, 15) is 9.59 Å². The summed E-state index contributed by atoms with van der Waals surface area (Å²) in [6.45, 7) is 2.06. The Morgan fingerprint density at radius 1 is 1.42 bits per heavy atom. The maximum Gasteiger partial charge on any atom is 0.325 e. The summed E-state index contributed by atoms with van der Waals surface area (Å²) < 4.78 is 5.77. The van der Waals surface area contributed by atoms with E-state index in [4.69, 9.17) is 4.74 Å². The summed E-state index contributed by atoms with van der Waals surface area (Å²) in [4.78, 5) is 25.5. The molecule has 0 aliphatic heterocycles. The zero-order valence-corrected chi connectivity index (χ0v) is 13.3. The molecule has 0 aliphatic carbocycles. The molecule has 1 aromatic carbocycles. The van der Waals surface area contributed by atoms with Crippen LogP contribution in [0, 0.1) is 0 Å². The molecule has 19 heavy (non-hydrogen) atoms. The van der Waals surface area contributed by atoms with Crippen LogP contribution in [-0.2, 0) is 14.3 Å². The first kappa shape index (κ1) is 16.0. The summed E-state index contributed by atoms with van der Waals surface area (Å²) >= 11 is 4.82. The van der Waals surface area contributed by atoms with Gasteiger partial charge < -0.3 is 9.64 Å². The number of rotatable bonds is 6. The second-order valence-electron chi connectivity index (χ2n) is 3.80. The van der Waals surface area contributed by atoms with E-state index in [1.54, 1.807) is 14.0 Å². The maximum atomic E-state index is 11.8. The van der Waals surface area contributed by atoms with Crippen molar-refractivity contribution in [3.63, 3.8) is 0 Å². The minimum atomic E-state index is -0.384. The second kappa shape index (κ2) is 8.22. The Hall–Kier alpha value is -1.01. The summed E-state index contributed by atoms with van der Waals surface area (Å²) in [5.41, 5.74) is 0. The van der Waals surface area contributed by atoms with Gasteiger partial charge in [-0.2, -0.15) is 0 Å². The van der Waals surface area contributed by atoms with Gasteiger partial charge >= 0.3 is 5.97 Å². The molecule has 6 heteroatoms. The van der Waals surface area contributed by atoms with Crippen LogP contribution in [0.3, 0.4) is 0 Å². The van der Waals surface area contributed by atoms with Crippen LogP contribution in [-0.4, -0.2) is 42.7 Å². The van der Waals surface area contributed by atoms with Crippen LogP contribution in [0.1, 0.15) is 6.92 Å². The van der Waals surface area contributed by atoms with Crippen LogP contribution in [0.5, 0.6) is 0 Å².